The zero-order valence-corrected chi connectivity index (χ0v) is 9.35. The number of aromatic nitrogens is 1. The van der Waals surface area contributed by atoms with E-state index in [0.29, 0.717) is 17.9 Å². The lowest BCUT2D eigenvalue weighted by atomic mass is 10.2. The van der Waals surface area contributed by atoms with Crippen LogP contribution in [-0.2, 0) is 11.3 Å². The van der Waals surface area contributed by atoms with Crippen LogP contribution < -0.4 is 4.73 Å². The van der Waals surface area contributed by atoms with Gasteiger partial charge < -0.3 is 15.1 Å². The van der Waals surface area contributed by atoms with Crippen LogP contribution in [0.5, 0.6) is 5.75 Å². The number of hydrogen-bond donors (Lipinski definition) is 1. The average Bonchev–Trinajstić information content (AvgIpc) is 2.31. The predicted octanol–water partition coefficient (Wildman–Crippen LogP) is 0.166. The van der Waals surface area contributed by atoms with Gasteiger partial charge in [0.05, 0.1) is 19.8 Å². The summed E-state index contributed by atoms with van der Waals surface area (Å²) >= 11 is 0. The van der Waals surface area contributed by atoms with Crippen molar-refractivity contribution < 1.29 is 14.6 Å². The zero-order chi connectivity index (χ0) is 11.5. The van der Waals surface area contributed by atoms with Gasteiger partial charge in [0.2, 0.25) is 11.4 Å². The van der Waals surface area contributed by atoms with Gasteiger partial charge in [0.1, 0.15) is 0 Å². The van der Waals surface area contributed by atoms with E-state index in [1.807, 2.05) is 0 Å². The maximum atomic E-state index is 11.8. The van der Waals surface area contributed by atoms with Gasteiger partial charge in [-0.15, -0.1) is 0 Å². The molecule has 0 radical (unpaired) electrons. The number of ether oxygens (including phenoxy) is 1. The van der Waals surface area contributed by atoms with Crippen molar-refractivity contribution in [2.45, 2.75) is 13.5 Å². The van der Waals surface area contributed by atoms with E-state index in [1.54, 1.807) is 19.1 Å². The Morgan fingerprint density at radius 1 is 1.44 bits per heavy atom. The lowest BCUT2D eigenvalue weighted by Crippen LogP contribution is -2.42. The van der Waals surface area contributed by atoms with E-state index < -0.39 is 0 Å². The highest BCUT2D eigenvalue weighted by molar-refractivity contribution is 5.22. The molecule has 1 fully saturated rings. The Hall–Kier alpha value is -1.33. The highest BCUT2D eigenvalue weighted by Gasteiger charge is 2.17. The van der Waals surface area contributed by atoms with Gasteiger partial charge in [-0.05, 0) is 6.07 Å². The number of hydrogen-bond acceptors (Lipinski definition) is 4. The normalized spacial score (nSPS) is 17.6. The summed E-state index contributed by atoms with van der Waals surface area (Å²) in [4.78, 5) is 2.17. The van der Waals surface area contributed by atoms with Gasteiger partial charge in [-0.1, -0.05) is 0 Å². The van der Waals surface area contributed by atoms with Crippen molar-refractivity contribution in [3.05, 3.63) is 28.7 Å². The van der Waals surface area contributed by atoms with E-state index in [0.717, 1.165) is 31.0 Å². The molecule has 1 aromatic rings. The molecule has 16 heavy (non-hydrogen) atoms. The number of pyridine rings is 1. The number of nitrogens with zero attached hydrogens (tertiary/aromatic N) is 2. The highest BCUT2D eigenvalue weighted by Crippen LogP contribution is 2.12. The third-order valence-electron chi connectivity index (χ3n) is 2.86. The summed E-state index contributed by atoms with van der Waals surface area (Å²) in [7, 11) is 0. The second-order valence-electron chi connectivity index (χ2n) is 3.98. The van der Waals surface area contributed by atoms with Gasteiger partial charge in [-0.2, -0.15) is 4.73 Å². The van der Waals surface area contributed by atoms with Crippen LogP contribution in [-0.4, -0.2) is 36.3 Å². The van der Waals surface area contributed by atoms with E-state index in [1.165, 1.54) is 0 Å². The number of morpholine rings is 1. The first-order valence-electron chi connectivity index (χ1n) is 5.39. The lowest BCUT2D eigenvalue weighted by molar-refractivity contribution is -0.622. The topological polar surface area (TPSA) is 59.6 Å². The third kappa shape index (κ3) is 2.25. The summed E-state index contributed by atoms with van der Waals surface area (Å²) in [6.07, 6.45) is 0. The molecule has 2 rings (SSSR count). The van der Waals surface area contributed by atoms with Crippen molar-refractivity contribution in [2.75, 3.05) is 26.3 Å². The molecular weight excluding hydrogens is 208 g/mol. The minimum absolute atomic E-state index is 0.0423. The fourth-order valence-electron chi connectivity index (χ4n) is 1.79. The molecule has 0 saturated carbocycles. The van der Waals surface area contributed by atoms with Gasteiger partial charge in [-0.25, -0.2) is 0 Å². The van der Waals surface area contributed by atoms with E-state index in [-0.39, 0.29) is 5.75 Å². The number of rotatable bonds is 2. The minimum atomic E-state index is 0.0423. The molecule has 0 unspecified atom stereocenters. The molecule has 1 N–H and O–H groups in total. The Balaban J connectivity index is 2.11. The van der Waals surface area contributed by atoms with Crippen LogP contribution in [0.25, 0.3) is 0 Å². The number of aromatic hydroxyl groups is 1. The average molecular weight is 224 g/mol. The lowest BCUT2D eigenvalue weighted by Gasteiger charge is -2.25. The van der Waals surface area contributed by atoms with Crippen LogP contribution in [0, 0.1) is 12.1 Å². The summed E-state index contributed by atoms with van der Waals surface area (Å²) in [5.74, 6) is 0.0423. The van der Waals surface area contributed by atoms with Crippen LogP contribution in [0.3, 0.4) is 0 Å². The standard InChI is InChI=1S/C11H16N2O3/c1-9-11(14)3-2-10(13(9)15)8-12-4-6-16-7-5-12/h2-3,14H,4-8H2,1H3. The van der Waals surface area contributed by atoms with E-state index >= 15 is 0 Å². The molecule has 0 bridgehead atoms. The Bertz CT molecular complexity index is 376. The molecule has 5 heteroatoms. The zero-order valence-electron chi connectivity index (χ0n) is 9.35. The Labute approximate surface area is 94.5 Å². The Morgan fingerprint density at radius 3 is 2.81 bits per heavy atom. The van der Waals surface area contributed by atoms with Gasteiger partial charge in [0.25, 0.3) is 0 Å². The molecule has 1 aromatic heterocycles. The molecule has 1 saturated heterocycles. The molecule has 0 aromatic carbocycles. The first-order valence-corrected chi connectivity index (χ1v) is 5.39. The van der Waals surface area contributed by atoms with Gasteiger partial charge >= 0.3 is 0 Å². The SMILES string of the molecule is Cc1c(O)ccc(CN2CCOCC2)[n+]1[O-]. The molecule has 2 heterocycles. The predicted molar refractivity (Wildman–Crippen MR) is 57.9 cm³/mol. The molecule has 5 nitrogen and oxygen atoms in total. The largest absolute Gasteiger partial charge is 0.618 e. The maximum Gasteiger partial charge on any atom is 0.231 e. The second-order valence-corrected chi connectivity index (χ2v) is 3.98. The fraction of sp³-hybridized carbons (Fsp3) is 0.545. The summed E-state index contributed by atoms with van der Waals surface area (Å²) in [6, 6.07) is 3.24. The van der Waals surface area contributed by atoms with Crippen LogP contribution in [0.15, 0.2) is 12.1 Å². The van der Waals surface area contributed by atoms with Crippen molar-refractivity contribution in [3.8, 4) is 5.75 Å². The van der Waals surface area contributed by atoms with Crippen LogP contribution in [0.2, 0.25) is 0 Å². The summed E-state index contributed by atoms with van der Waals surface area (Å²) < 4.78 is 6.04. The molecule has 0 atom stereocenters. The first-order chi connectivity index (χ1) is 7.68. The monoisotopic (exact) mass is 224 g/mol. The molecule has 0 amide bonds. The van der Waals surface area contributed by atoms with Gasteiger partial charge in [0, 0.05) is 26.1 Å². The first kappa shape index (κ1) is 11.2. The molecule has 0 spiro atoms. The molecule has 1 aliphatic rings. The van der Waals surface area contributed by atoms with Gasteiger partial charge in [0.15, 0.2) is 5.75 Å². The van der Waals surface area contributed by atoms with Gasteiger partial charge in [-0.3, -0.25) is 4.90 Å². The molecule has 1 aliphatic heterocycles. The summed E-state index contributed by atoms with van der Waals surface area (Å²) in [5.41, 5.74) is 1.02. The van der Waals surface area contributed by atoms with Crippen molar-refractivity contribution in [3.63, 3.8) is 0 Å². The van der Waals surface area contributed by atoms with E-state index in [2.05, 4.69) is 4.90 Å². The smallest absolute Gasteiger partial charge is 0.231 e. The van der Waals surface area contributed by atoms with Crippen LogP contribution in [0.4, 0.5) is 0 Å². The Morgan fingerprint density at radius 2 is 2.12 bits per heavy atom. The minimum Gasteiger partial charge on any atom is -0.618 e. The van der Waals surface area contributed by atoms with Crippen LogP contribution in [0.1, 0.15) is 11.4 Å². The van der Waals surface area contributed by atoms with Crippen molar-refractivity contribution in [1.82, 2.24) is 4.90 Å². The second kappa shape index (κ2) is 4.67. The summed E-state index contributed by atoms with van der Waals surface area (Å²) in [5, 5.41) is 21.1. The third-order valence-corrected chi connectivity index (χ3v) is 2.86. The van der Waals surface area contributed by atoms with Crippen molar-refractivity contribution in [2.24, 2.45) is 0 Å². The fourth-order valence-corrected chi connectivity index (χ4v) is 1.79. The maximum absolute atomic E-state index is 11.8. The van der Waals surface area contributed by atoms with Crippen molar-refractivity contribution in [1.29, 1.82) is 0 Å². The summed E-state index contributed by atoms with van der Waals surface area (Å²) in [6.45, 7) is 5.35. The molecular formula is C11H16N2O3. The Kier molecular flexibility index (Phi) is 3.26. The van der Waals surface area contributed by atoms with E-state index in [4.69, 9.17) is 4.74 Å². The highest BCUT2D eigenvalue weighted by atomic mass is 16.5. The van der Waals surface area contributed by atoms with Crippen molar-refractivity contribution >= 4 is 0 Å². The molecule has 0 aliphatic carbocycles. The quantitative estimate of drug-likeness (QED) is 0.574. The van der Waals surface area contributed by atoms with E-state index in [9.17, 15) is 10.3 Å². The van der Waals surface area contributed by atoms with Crippen LogP contribution >= 0.6 is 0 Å². The molecule has 88 valence electrons.